The summed E-state index contributed by atoms with van der Waals surface area (Å²) in [6.45, 7) is 3.68. The number of pyridine rings is 2. The van der Waals surface area contributed by atoms with E-state index in [1.165, 1.54) is 0 Å². The first kappa shape index (κ1) is 8.63. The van der Waals surface area contributed by atoms with E-state index in [-0.39, 0.29) is 0 Å². The van der Waals surface area contributed by atoms with Gasteiger partial charge in [-0.25, -0.2) is 4.98 Å². The van der Waals surface area contributed by atoms with E-state index < -0.39 is 0 Å². The Hall–Kier alpha value is -1.96. The van der Waals surface area contributed by atoms with Crippen molar-refractivity contribution in [2.24, 2.45) is 0 Å². The number of rotatable bonds is 2. The molecule has 2 aromatic rings. The molecule has 0 atom stereocenters. The van der Waals surface area contributed by atoms with Crippen molar-refractivity contribution >= 4 is 6.08 Å². The summed E-state index contributed by atoms with van der Waals surface area (Å²) in [4.78, 5) is 8.61. The molecule has 2 heteroatoms. The predicted molar refractivity (Wildman–Crippen MR) is 57.6 cm³/mol. The van der Waals surface area contributed by atoms with Crippen LogP contribution in [0.5, 0.6) is 0 Å². The molecule has 0 aliphatic rings. The van der Waals surface area contributed by atoms with Gasteiger partial charge < -0.3 is 0 Å². The second-order valence-corrected chi connectivity index (χ2v) is 2.87. The van der Waals surface area contributed by atoms with Gasteiger partial charge in [0.2, 0.25) is 0 Å². The van der Waals surface area contributed by atoms with Crippen LogP contribution in [-0.2, 0) is 0 Å². The Labute approximate surface area is 83.0 Å². The van der Waals surface area contributed by atoms with Crippen molar-refractivity contribution in [2.75, 3.05) is 0 Å². The minimum atomic E-state index is 0.869. The molecule has 0 unspecified atom stereocenters. The maximum Gasteiger partial charge on any atom is 0.0893 e. The van der Waals surface area contributed by atoms with Crippen molar-refractivity contribution in [3.8, 4) is 11.4 Å². The third-order valence-electron chi connectivity index (χ3n) is 1.91. The largest absolute Gasteiger partial charge is 0.255 e. The van der Waals surface area contributed by atoms with Crippen LogP contribution in [0.1, 0.15) is 5.69 Å². The zero-order valence-electron chi connectivity index (χ0n) is 7.72. The Morgan fingerprint density at radius 3 is 2.57 bits per heavy atom. The van der Waals surface area contributed by atoms with Crippen molar-refractivity contribution in [3.63, 3.8) is 0 Å². The van der Waals surface area contributed by atoms with Crippen LogP contribution in [0.3, 0.4) is 0 Å². The van der Waals surface area contributed by atoms with Crippen LogP contribution in [0, 0.1) is 0 Å². The molecular weight excluding hydrogens is 172 g/mol. The highest BCUT2D eigenvalue weighted by atomic mass is 14.8. The summed E-state index contributed by atoms with van der Waals surface area (Å²) in [5.41, 5.74) is 2.63. The third-order valence-corrected chi connectivity index (χ3v) is 1.91. The van der Waals surface area contributed by atoms with Crippen LogP contribution < -0.4 is 0 Å². The number of aromatic nitrogens is 2. The van der Waals surface area contributed by atoms with Crippen LogP contribution in [0.25, 0.3) is 17.5 Å². The van der Waals surface area contributed by atoms with E-state index in [0.29, 0.717) is 0 Å². The molecule has 0 fully saturated rings. The Morgan fingerprint density at radius 2 is 1.86 bits per heavy atom. The zero-order valence-corrected chi connectivity index (χ0v) is 7.72. The fourth-order valence-corrected chi connectivity index (χ4v) is 1.22. The van der Waals surface area contributed by atoms with Gasteiger partial charge in [-0.15, -0.1) is 0 Å². The molecule has 2 nitrogen and oxygen atoms in total. The maximum absolute atomic E-state index is 4.38. The van der Waals surface area contributed by atoms with Gasteiger partial charge in [0.1, 0.15) is 0 Å². The molecule has 2 aromatic heterocycles. The van der Waals surface area contributed by atoms with Gasteiger partial charge >= 0.3 is 0 Å². The molecule has 0 N–H and O–H groups in total. The summed E-state index contributed by atoms with van der Waals surface area (Å²) in [6.07, 6.45) is 3.49. The molecule has 0 radical (unpaired) electrons. The molecule has 14 heavy (non-hydrogen) atoms. The van der Waals surface area contributed by atoms with Crippen molar-refractivity contribution in [1.82, 2.24) is 9.97 Å². The van der Waals surface area contributed by atoms with E-state index in [0.717, 1.165) is 17.1 Å². The summed E-state index contributed by atoms with van der Waals surface area (Å²) in [7, 11) is 0. The van der Waals surface area contributed by atoms with Gasteiger partial charge in [-0.05, 0) is 30.3 Å². The van der Waals surface area contributed by atoms with Gasteiger partial charge in [0.25, 0.3) is 0 Å². The normalized spacial score (nSPS) is 9.71. The first-order chi connectivity index (χ1) is 6.90. The van der Waals surface area contributed by atoms with Crippen molar-refractivity contribution in [3.05, 3.63) is 54.9 Å². The molecule has 0 saturated carbocycles. The van der Waals surface area contributed by atoms with Crippen LogP contribution in [-0.4, -0.2) is 9.97 Å². The molecule has 0 bridgehead atoms. The van der Waals surface area contributed by atoms with Crippen LogP contribution in [0.4, 0.5) is 0 Å². The molecular formula is C12H10N2. The van der Waals surface area contributed by atoms with E-state index in [1.54, 1.807) is 12.3 Å². The van der Waals surface area contributed by atoms with Crippen LogP contribution >= 0.6 is 0 Å². The minimum absolute atomic E-state index is 0.869. The van der Waals surface area contributed by atoms with Crippen LogP contribution in [0.15, 0.2) is 49.2 Å². The van der Waals surface area contributed by atoms with E-state index >= 15 is 0 Å². The molecule has 0 aliphatic carbocycles. The monoisotopic (exact) mass is 182 g/mol. The van der Waals surface area contributed by atoms with Gasteiger partial charge in [0.05, 0.1) is 17.1 Å². The topological polar surface area (TPSA) is 25.8 Å². The van der Waals surface area contributed by atoms with E-state index in [4.69, 9.17) is 0 Å². The maximum atomic E-state index is 4.38. The fraction of sp³-hybridized carbons (Fsp3) is 0. The molecule has 2 heterocycles. The van der Waals surface area contributed by atoms with Crippen molar-refractivity contribution < 1.29 is 0 Å². The highest BCUT2D eigenvalue weighted by Crippen LogP contribution is 2.13. The van der Waals surface area contributed by atoms with Crippen molar-refractivity contribution in [1.29, 1.82) is 0 Å². The van der Waals surface area contributed by atoms with Crippen LogP contribution in [0.2, 0.25) is 0 Å². The summed E-state index contributed by atoms with van der Waals surface area (Å²) < 4.78 is 0. The highest BCUT2D eigenvalue weighted by Gasteiger charge is 1.98. The Balaban J connectivity index is 2.47. The second kappa shape index (κ2) is 3.83. The number of nitrogens with zero attached hydrogens (tertiary/aromatic N) is 2. The lowest BCUT2D eigenvalue weighted by atomic mass is 10.2. The Bertz CT molecular complexity index is 435. The van der Waals surface area contributed by atoms with E-state index in [9.17, 15) is 0 Å². The molecule has 0 spiro atoms. The summed E-state index contributed by atoms with van der Waals surface area (Å²) in [5, 5.41) is 0. The standard InChI is InChI=1S/C12H10N2/c1-2-10-6-5-8-12(14-10)11-7-3-4-9-13-11/h2-9H,1H2. The quantitative estimate of drug-likeness (QED) is 0.713. The molecule has 68 valence electrons. The minimum Gasteiger partial charge on any atom is -0.255 e. The van der Waals surface area contributed by atoms with Gasteiger partial charge in [0, 0.05) is 6.20 Å². The SMILES string of the molecule is C=Cc1cccc(-c2ccccn2)n1. The smallest absolute Gasteiger partial charge is 0.0893 e. The average Bonchev–Trinajstić information content (AvgIpc) is 2.30. The molecule has 0 saturated heterocycles. The lowest BCUT2D eigenvalue weighted by Crippen LogP contribution is -1.87. The highest BCUT2D eigenvalue weighted by molar-refractivity contribution is 5.56. The third kappa shape index (κ3) is 1.69. The summed E-state index contributed by atoms with van der Waals surface area (Å²) >= 11 is 0. The number of hydrogen-bond donors (Lipinski definition) is 0. The second-order valence-electron chi connectivity index (χ2n) is 2.87. The molecule has 0 aliphatic heterocycles. The summed E-state index contributed by atoms with van der Waals surface area (Å²) in [6, 6.07) is 11.6. The molecule has 0 aromatic carbocycles. The van der Waals surface area contributed by atoms with Gasteiger partial charge in [-0.1, -0.05) is 18.7 Å². The lowest BCUT2D eigenvalue weighted by molar-refractivity contribution is 1.23. The van der Waals surface area contributed by atoms with Gasteiger partial charge in [-0.2, -0.15) is 0 Å². The predicted octanol–water partition coefficient (Wildman–Crippen LogP) is 2.79. The summed E-state index contributed by atoms with van der Waals surface area (Å²) in [5.74, 6) is 0. The fourth-order valence-electron chi connectivity index (χ4n) is 1.22. The first-order valence-corrected chi connectivity index (χ1v) is 4.41. The Kier molecular flexibility index (Phi) is 2.36. The molecule has 2 rings (SSSR count). The van der Waals surface area contributed by atoms with E-state index in [2.05, 4.69) is 16.5 Å². The molecule has 0 amide bonds. The zero-order chi connectivity index (χ0) is 9.80. The Morgan fingerprint density at radius 1 is 1.00 bits per heavy atom. The van der Waals surface area contributed by atoms with Gasteiger partial charge in [0.15, 0.2) is 0 Å². The van der Waals surface area contributed by atoms with Crippen molar-refractivity contribution in [2.45, 2.75) is 0 Å². The first-order valence-electron chi connectivity index (χ1n) is 4.41. The number of hydrogen-bond acceptors (Lipinski definition) is 2. The average molecular weight is 182 g/mol. The van der Waals surface area contributed by atoms with E-state index in [1.807, 2.05) is 36.4 Å². The van der Waals surface area contributed by atoms with Gasteiger partial charge in [-0.3, -0.25) is 4.98 Å². The lowest BCUT2D eigenvalue weighted by Gasteiger charge is -1.99.